The van der Waals surface area contributed by atoms with Crippen LogP contribution in [0.5, 0.6) is 0 Å². The maximum absolute atomic E-state index is 12.4. The number of ketones is 1. The summed E-state index contributed by atoms with van der Waals surface area (Å²) < 4.78 is 12.0. The second kappa shape index (κ2) is 11.6. The molecule has 1 saturated heterocycles. The van der Waals surface area contributed by atoms with Gasteiger partial charge in [-0.15, -0.1) is 0 Å². The van der Waals surface area contributed by atoms with Gasteiger partial charge in [-0.2, -0.15) is 0 Å². The maximum atomic E-state index is 12.4. The first kappa shape index (κ1) is 26.1. The number of fused-ring (bicyclic) bond motifs is 1. The molecule has 0 N–H and O–H groups in total. The maximum Gasteiger partial charge on any atom is 0.306 e. The number of allylic oxidation sites excluding steroid dienone is 1. The van der Waals surface area contributed by atoms with Crippen LogP contribution in [0.3, 0.4) is 0 Å². The van der Waals surface area contributed by atoms with Crippen LogP contribution in [0.25, 0.3) is 0 Å². The molecule has 0 bridgehead atoms. The molecule has 1 heterocycles. The number of carbonyl (C=O) groups excluding carboxylic acids is 2. The monoisotopic (exact) mass is 434 g/mol. The lowest BCUT2D eigenvalue weighted by Gasteiger charge is -2.40. The van der Waals surface area contributed by atoms with E-state index in [4.69, 9.17) is 9.47 Å². The molecule has 0 spiro atoms. The van der Waals surface area contributed by atoms with E-state index in [0.29, 0.717) is 12.8 Å². The Morgan fingerprint density at radius 1 is 0.903 bits per heavy atom. The zero-order valence-electron chi connectivity index (χ0n) is 20.8. The number of carbonyl (C=O) groups is 2. The summed E-state index contributed by atoms with van der Waals surface area (Å²) in [6.07, 6.45) is 19.5. The molecule has 0 amide bonds. The molecule has 2 fully saturated rings. The van der Waals surface area contributed by atoms with E-state index in [-0.39, 0.29) is 28.9 Å². The lowest BCUT2D eigenvalue weighted by molar-refractivity contribution is -0.152. The first-order chi connectivity index (χ1) is 14.7. The van der Waals surface area contributed by atoms with Crippen LogP contribution in [-0.2, 0) is 19.1 Å². The first-order valence-corrected chi connectivity index (χ1v) is 12.8. The highest BCUT2D eigenvalue weighted by Gasteiger charge is 2.75. The molecule has 1 aliphatic carbocycles. The number of hydrogen-bond acceptors (Lipinski definition) is 4. The van der Waals surface area contributed by atoms with Crippen molar-refractivity contribution in [2.24, 2.45) is 5.41 Å². The average Bonchev–Trinajstić information content (AvgIpc) is 3.30. The van der Waals surface area contributed by atoms with E-state index in [1.165, 1.54) is 57.8 Å². The summed E-state index contributed by atoms with van der Waals surface area (Å²) in [6.45, 7) is 10.2. The highest BCUT2D eigenvalue weighted by atomic mass is 16.6. The van der Waals surface area contributed by atoms with Gasteiger partial charge in [-0.3, -0.25) is 9.59 Å². The van der Waals surface area contributed by atoms with Crippen LogP contribution >= 0.6 is 0 Å². The standard InChI is InChI=1S/C27H46O4/c1-6-7-8-9-10-11-12-13-14-15-16-17-24(29)30-23-20-25(3,4)27(19-18-22(2)28)26(5,21-23)31-27/h18-19,23H,6-17,20-21H2,1-5H3/b19-18+/t23-,26+,27-/m0/s1. The van der Waals surface area contributed by atoms with Gasteiger partial charge < -0.3 is 9.47 Å². The van der Waals surface area contributed by atoms with Gasteiger partial charge in [-0.25, -0.2) is 0 Å². The van der Waals surface area contributed by atoms with Crippen molar-refractivity contribution in [2.75, 3.05) is 0 Å². The van der Waals surface area contributed by atoms with Gasteiger partial charge in [-0.05, 0) is 38.8 Å². The van der Waals surface area contributed by atoms with Gasteiger partial charge in [0.1, 0.15) is 17.3 Å². The number of ether oxygens (including phenoxy) is 2. The Morgan fingerprint density at radius 3 is 1.97 bits per heavy atom. The molecule has 2 aliphatic rings. The predicted molar refractivity (Wildman–Crippen MR) is 126 cm³/mol. The summed E-state index contributed by atoms with van der Waals surface area (Å²) in [5.41, 5.74) is -0.972. The van der Waals surface area contributed by atoms with Gasteiger partial charge in [0.25, 0.3) is 0 Å². The summed E-state index contributed by atoms with van der Waals surface area (Å²) in [5.74, 6) is -0.0451. The molecule has 0 aromatic heterocycles. The molecule has 0 aromatic carbocycles. The SMILES string of the molecule is CCCCCCCCCCCCCC(=O)O[C@H]1CC(C)(C)[C@]2(/C=C/C(C)=O)O[C@]2(C)C1. The van der Waals surface area contributed by atoms with Crippen molar-refractivity contribution in [3.8, 4) is 0 Å². The second-order valence-electron chi connectivity index (χ2n) is 10.7. The molecule has 0 radical (unpaired) electrons. The van der Waals surface area contributed by atoms with Crippen molar-refractivity contribution >= 4 is 11.8 Å². The molecule has 178 valence electrons. The van der Waals surface area contributed by atoms with Crippen molar-refractivity contribution in [1.82, 2.24) is 0 Å². The number of unbranched alkanes of at least 4 members (excludes halogenated alkanes) is 10. The van der Waals surface area contributed by atoms with Crippen LogP contribution in [0.2, 0.25) is 0 Å². The van der Waals surface area contributed by atoms with Gasteiger partial charge in [0, 0.05) is 18.3 Å². The van der Waals surface area contributed by atoms with Crippen LogP contribution < -0.4 is 0 Å². The molecule has 3 atom stereocenters. The average molecular weight is 435 g/mol. The Kier molecular flexibility index (Phi) is 9.79. The second-order valence-corrected chi connectivity index (χ2v) is 10.7. The molecule has 4 nitrogen and oxygen atoms in total. The van der Waals surface area contributed by atoms with Gasteiger partial charge in [-0.1, -0.05) is 85.0 Å². The molecular weight excluding hydrogens is 388 g/mol. The van der Waals surface area contributed by atoms with Crippen molar-refractivity contribution in [3.63, 3.8) is 0 Å². The van der Waals surface area contributed by atoms with E-state index in [9.17, 15) is 9.59 Å². The Bertz CT molecular complexity index is 623. The Labute approximate surface area is 190 Å². The van der Waals surface area contributed by atoms with E-state index in [2.05, 4.69) is 27.7 Å². The summed E-state index contributed by atoms with van der Waals surface area (Å²) in [6, 6.07) is 0. The molecule has 1 saturated carbocycles. The van der Waals surface area contributed by atoms with Crippen LogP contribution in [0.4, 0.5) is 0 Å². The number of epoxide rings is 1. The summed E-state index contributed by atoms with van der Waals surface area (Å²) >= 11 is 0. The smallest absolute Gasteiger partial charge is 0.306 e. The zero-order chi connectivity index (χ0) is 23.0. The van der Waals surface area contributed by atoms with Crippen LogP contribution in [0, 0.1) is 5.41 Å². The molecule has 4 heteroatoms. The molecule has 2 rings (SSSR count). The number of esters is 1. The minimum absolute atomic E-state index is 0.0311. The van der Waals surface area contributed by atoms with Crippen LogP contribution in [0.15, 0.2) is 12.2 Å². The summed E-state index contributed by atoms with van der Waals surface area (Å²) in [4.78, 5) is 23.8. The number of hydrogen-bond donors (Lipinski definition) is 0. The summed E-state index contributed by atoms with van der Waals surface area (Å²) in [5, 5.41) is 0. The normalized spacial score (nSPS) is 29.0. The van der Waals surface area contributed by atoms with Gasteiger partial charge in [0.15, 0.2) is 5.78 Å². The number of rotatable bonds is 15. The minimum atomic E-state index is -0.426. The van der Waals surface area contributed by atoms with E-state index in [0.717, 1.165) is 19.3 Å². The molecule has 0 aromatic rings. The lowest BCUT2D eigenvalue weighted by Crippen LogP contribution is -2.47. The first-order valence-electron chi connectivity index (χ1n) is 12.8. The molecule has 31 heavy (non-hydrogen) atoms. The minimum Gasteiger partial charge on any atom is -0.462 e. The Balaban J connectivity index is 1.61. The van der Waals surface area contributed by atoms with Crippen molar-refractivity contribution in [2.45, 2.75) is 142 Å². The van der Waals surface area contributed by atoms with Crippen molar-refractivity contribution in [3.05, 3.63) is 12.2 Å². The van der Waals surface area contributed by atoms with E-state index < -0.39 is 5.60 Å². The van der Waals surface area contributed by atoms with Gasteiger partial charge in [0.2, 0.25) is 0 Å². The molecule has 0 unspecified atom stereocenters. The third kappa shape index (κ3) is 7.17. The fourth-order valence-corrected chi connectivity index (χ4v) is 5.54. The fraction of sp³-hybridized carbons (Fsp3) is 0.852. The van der Waals surface area contributed by atoms with E-state index in [1.807, 2.05) is 6.08 Å². The highest BCUT2D eigenvalue weighted by molar-refractivity contribution is 5.87. The van der Waals surface area contributed by atoms with E-state index in [1.54, 1.807) is 13.0 Å². The molecule has 1 aliphatic heterocycles. The fourth-order valence-electron chi connectivity index (χ4n) is 5.54. The van der Waals surface area contributed by atoms with Crippen molar-refractivity contribution in [1.29, 1.82) is 0 Å². The van der Waals surface area contributed by atoms with Gasteiger partial charge in [0.05, 0.1) is 0 Å². The van der Waals surface area contributed by atoms with Gasteiger partial charge >= 0.3 is 5.97 Å². The Morgan fingerprint density at radius 2 is 1.45 bits per heavy atom. The Hall–Kier alpha value is -1.16. The van der Waals surface area contributed by atoms with Crippen LogP contribution in [0.1, 0.15) is 125 Å². The quantitative estimate of drug-likeness (QED) is 0.119. The highest BCUT2D eigenvalue weighted by Crippen LogP contribution is 2.66. The van der Waals surface area contributed by atoms with Crippen LogP contribution in [-0.4, -0.2) is 29.1 Å². The molecular formula is C27H46O4. The topological polar surface area (TPSA) is 55.9 Å². The lowest BCUT2D eigenvalue weighted by atomic mass is 9.63. The predicted octanol–water partition coefficient (Wildman–Crippen LogP) is 7.09. The third-order valence-corrected chi connectivity index (χ3v) is 7.33. The summed E-state index contributed by atoms with van der Waals surface area (Å²) in [7, 11) is 0. The third-order valence-electron chi connectivity index (χ3n) is 7.33. The van der Waals surface area contributed by atoms with E-state index >= 15 is 0 Å². The zero-order valence-corrected chi connectivity index (χ0v) is 20.8. The largest absolute Gasteiger partial charge is 0.462 e. The van der Waals surface area contributed by atoms with Crippen molar-refractivity contribution < 1.29 is 19.1 Å².